The Labute approximate surface area is 128 Å². The van der Waals surface area contributed by atoms with Gasteiger partial charge in [-0.05, 0) is 12.8 Å². The van der Waals surface area contributed by atoms with Crippen LogP contribution in [-0.4, -0.2) is 54.9 Å². The Morgan fingerprint density at radius 2 is 2.00 bits per heavy atom. The van der Waals surface area contributed by atoms with Gasteiger partial charge in [0.05, 0.1) is 5.92 Å². The molecule has 0 spiro atoms. The van der Waals surface area contributed by atoms with Crippen molar-refractivity contribution in [1.82, 2.24) is 0 Å². The second-order valence-corrected chi connectivity index (χ2v) is 6.54. The smallest absolute Gasteiger partial charge is 0.458 e. The summed E-state index contributed by atoms with van der Waals surface area (Å²) in [5.41, 5.74) is 0. The molecule has 3 atom stereocenters. The molecule has 9 nitrogen and oxygen atoms in total. The first kappa shape index (κ1) is 17.5. The van der Waals surface area contributed by atoms with Crippen LogP contribution in [0.4, 0.5) is 8.78 Å². The molecule has 2 aliphatic rings. The summed E-state index contributed by atoms with van der Waals surface area (Å²) in [5, 5.41) is -5.19. The highest BCUT2D eigenvalue weighted by Gasteiger charge is 2.54. The van der Waals surface area contributed by atoms with Gasteiger partial charge in [-0.25, -0.2) is 9.59 Å². The lowest BCUT2D eigenvalue weighted by molar-refractivity contribution is -0.175. The van der Waals surface area contributed by atoms with Gasteiger partial charge in [0.15, 0.2) is 6.61 Å². The van der Waals surface area contributed by atoms with E-state index in [2.05, 4.69) is 4.74 Å². The van der Waals surface area contributed by atoms with Crippen LogP contribution in [0.3, 0.4) is 0 Å². The van der Waals surface area contributed by atoms with E-state index in [1.807, 2.05) is 0 Å². The highest BCUT2D eigenvalue weighted by molar-refractivity contribution is 7.87. The van der Waals surface area contributed by atoms with Gasteiger partial charge in [-0.15, -0.1) is 0 Å². The Morgan fingerprint density at radius 3 is 2.61 bits per heavy atom. The zero-order valence-corrected chi connectivity index (χ0v) is 12.3. The van der Waals surface area contributed by atoms with Crippen LogP contribution in [-0.2, 0) is 38.7 Å². The van der Waals surface area contributed by atoms with E-state index in [0.717, 1.165) is 0 Å². The van der Waals surface area contributed by atoms with Crippen molar-refractivity contribution < 1.29 is 50.3 Å². The maximum atomic E-state index is 12.9. The van der Waals surface area contributed by atoms with Gasteiger partial charge in [0, 0.05) is 6.42 Å². The fraction of sp³-hybridized carbons (Fsp3) is 0.727. The van der Waals surface area contributed by atoms with E-state index in [0.29, 0.717) is 19.3 Å². The van der Waals surface area contributed by atoms with Gasteiger partial charge in [-0.3, -0.25) is 9.35 Å². The minimum absolute atomic E-state index is 0.249. The minimum atomic E-state index is -6.01. The number of hydrogen-bond acceptors (Lipinski definition) is 8. The zero-order valence-electron chi connectivity index (χ0n) is 11.4. The molecule has 0 radical (unpaired) electrons. The Hall–Kier alpha value is -1.82. The van der Waals surface area contributed by atoms with E-state index < -0.39 is 52.1 Å². The van der Waals surface area contributed by atoms with Crippen LogP contribution < -0.4 is 0 Å². The Morgan fingerprint density at radius 1 is 1.35 bits per heavy atom. The number of hydrogen-bond donors (Lipinski definition) is 1. The fourth-order valence-electron chi connectivity index (χ4n) is 2.34. The summed E-state index contributed by atoms with van der Waals surface area (Å²) in [6.45, 7) is -1.27. The standard InChI is InChI=1S/C11H12F2O9S/c12-11(13,23(17,18)19)10(16)20-4-8(14)21-6-2-1-5-3-7(6)22-9(5)15/h5-7H,1-4H2,(H,17,18,19). The van der Waals surface area contributed by atoms with E-state index in [9.17, 15) is 31.6 Å². The summed E-state index contributed by atoms with van der Waals surface area (Å²) < 4.78 is 68.2. The number of carbonyl (C=O) groups excluding carboxylic acids is 3. The third-order valence-corrected chi connectivity index (χ3v) is 4.31. The molecule has 0 aromatic carbocycles. The van der Waals surface area contributed by atoms with Crippen LogP contribution >= 0.6 is 0 Å². The Balaban J connectivity index is 1.84. The van der Waals surface area contributed by atoms with Gasteiger partial charge in [0.25, 0.3) is 0 Å². The molecule has 1 aliphatic heterocycles. The Kier molecular flexibility index (Phi) is 4.57. The number of alkyl halides is 2. The number of ether oxygens (including phenoxy) is 3. The summed E-state index contributed by atoms with van der Waals surface area (Å²) in [7, 11) is -6.01. The lowest BCUT2D eigenvalue weighted by Crippen LogP contribution is -2.40. The zero-order chi connectivity index (χ0) is 17.4. The van der Waals surface area contributed by atoms with E-state index in [1.54, 1.807) is 0 Å². The maximum Gasteiger partial charge on any atom is 0.465 e. The van der Waals surface area contributed by atoms with Crippen LogP contribution in [0.1, 0.15) is 19.3 Å². The van der Waals surface area contributed by atoms with Crippen LogP contribution in [0.15, 0.2) is 0 Å². The lowest BCUT2D eigenvalue weighted by Gasteiger charge is -2.25. The molecule has 1 saturated heterocycles. The topological polar surface area (TPSA) is 133 Å². The summed E-state index contributed by atoms with van der Waals surface area (Å²) in [6, 6.07) is 0. The third kappa shape index (κ3) is 3.58. The van der Waals surface area contributed by atoms with E-state index >= 15 is 0 Å². The first-order chi connectivity index (χ1) is 10.5. The molecule has 3 unspecified atom stereocenters. The average molecular weight is 358 g/mol. The second kappa shape index (κ2) is 6.00. The molecule has 2 fully saturated rings. The van der Waals surface area contributed by atoms with Gasteiger partial charge in [0.2, 0.25) is 0 Å². The van der Waals surface area contributed by atoms with E-state index in [4.69, 9.17) is 14.0 Å². The van der Waals surface area contributed by atoms with Crippen LogP contribution in [0.5, 0.6) is 0 Å². The molecule has 23 heavy (non-hydrogen) atoms. The van der Waals surface area contributed by atoms with Crippen molar-refractivity contribution >= 4 is 28.0 Å². The van der Waals surface area contributed by atoms with Crippen molar-refractivity contribution in [2.75, 3.05) is 6.61 Å². The summed E-state index contributed by atoms with van der Waals surface area (Å²) in [5.74, 6) is -4.46. The molecular formula is C11H12F2O9S. The van der Waals surface area contributed by atoms with E-state index in [-0.39, 0.29) is 5.92 Å². The first-order valence-electron chi connectivity index (χ1n) is 6.44. The number of rotatable bonds is 5. The molecule has 1 aliphatic carbocycles. The Bertz CT molecular complexity index is 629. The maximum absolute atomic E-state index is 12.9. The van der Waals surface area contributed by atoms with Gasteiger partial charge in [0.1, 0.15) is 12.2 Å². The number of carbonyl (C=O) groups is 3. The quantitative estimate of drug-likeness (QED) is 0.397. The van der Waals surface area contributed by atoms with Crippen molar-refractivity contribution in [2.24, 2.45) is 5.92 Å². The molecule has 1 N–H and O–H groups in total. The first-order valence-corrected chi connectivity index (χ1v) is 7.88. The van der Waals surface area contributed by atoms with Crippen molar-refractivity contribution in [3.05, 3.63) is 0 Å². The lowest BCUT2D eigenvalue weighted by atomic mass is 9.88. The summed E-state index contributed by atoms with van der Waals surface area (Å²) >= 11 is 0. The van der Waals surface area contributed by atoms with Gasteiger partial charge in [-0.1, -0.05) is 0 Å². The average Bonchev–Trinajstić information content (AvgIpc) is 2.74. The predicted molar refractivity (Wildman–Crippen MR) is 64.6 cm³/mol. The number of halogens is 2. The SMILES string of the molecule is O=C(COC(=O)C(F)(F)S(=O)(=O)O)OC1CCC2CC1OC2=O. The molecule has 2 rings (SSSR count). The summed E-state index contributed by atoms with van der Waals surface area (Å²) in [4.78, 5) is 33.7. The minimum Gasteiger partial charge on any atom is -0.458 e. The molecule has 1 heterocycles. The third-order valence-electron chi connectivity index (χ3n) is 3.50. The van der Waals surface area contributed by atoms with Crippen LogP contribution in [0.25, 0.3) is 0 Å². The predicted octanol–water partition coefficient (Wildman–Crippen LogP) is -0.353. The molecule has 12 heteroatoms. The van der Waals surface area contributed by atoms with Crippen molar-refractivity contribution in [2.45, 2.75) is 36.7 Å². The second-order valence-electron chi connectivity index (χ2n) is 5.08. The highest BCUT2D eigenvalue weighted by Crippen LogP contribution is 2.35. The molecule has 2 bridgehead atoms. The van der Waals surface area contributed by atoms with Crippen LogP contribution in [0, 0.1) is 5.92 Å². The van der Waals surface area contributed by atoms with Crippen molar-refractivity contribution in [3.8, 4) is 0 Å². The monoisotopic (exact) mass is 358 g/mol. The normalized spacial score (nSPS) is 27.3. The largest absolute Gasteiger partial charge is 0.465 e. The molecule has 1 saturated carbocycles. The van der Waals surface area contributed by atoms with Gasteiger partial charge < -0.3 is 14.2 Å². The molecule has 0 amide bonds. The number of esters is 3. The molecule has 0 aromatic heterocycles. The molecular weight excluding hydrogens is 346 g/mol. The van der Waals surface area contributed by atoms with Crippen LogP contribution in [0.2, 0.25) is 0 Å². The summed E-state index contributed by atoms with van der Waals surface area (Å²) in [6.07, 6.45) is -0.293. The van der Waals surface area contributed by atoms with Gasteiger partial charge in [-0.2, -0.15) is 17.2 Å². The van der Waals surface area contributed by atoms with E-state index in [1.165, 1.54) is 0 Å². The van der Waals surface area contributed by atoms with Crippen molar-refractivity contribution in [3.63, 3.8) is 0 Å². The fourth-order valence-corrected chi connectivity index (χ4v) is 2.61. The number of fused-ring (bicyclic) bond motifs is 2. The molecule has 130 valence electrons. The van der Waals surface area contributed by atoms with Gasteiger partial charge >= 0.3 is 33.3 Å². The van der Waals surface area contributed by atoms with Crippen molar-refractivity contribution in [1.29, 1.82) is 0 Å². The molecule has 0 aromatic rings. The highest BCUT2D eigenvalue weighted by atomic mass is 32.2.